The van der Waals surface area contributed by atoms with Crippen molar-refractivity contribution < 1.29 is 27.4 Å². The molecule has 2 aromatic carbocycles. The minimum atomic E-state index is -3.75. The van der Waals surface area contributed by atoms with Gasteiger partial charge in [-0.15, -0.1) is 0 Å². The second-order valence-electron chi connectivity index (χ2n) is 8.64. The molecule has 1 saturated heterocycles. The monoisotopic (exact) mass is 488 g/mol. The topological polar surface area (TPSA) is 94.2 Å². The Morgan fingerprint density at radius 2 is 1.85 bits per heavy atom. The van der Waals surface area contributed by atoms with E-state index in [4.69, 9.17) is 14.2 Å². The molecule has 34 heavy (non-hydrogen) atoms. The van der Waals surface area contributed by atoms with Crippen molar-refractivity contribution >= 4 is 15.9 Å². The van der Waals surface area contributed by atoms with Gasteiger partial charge in [-0.2, -0.15) is 4.31 Å². The SMILES string of the molecule is CCC1(CC)C[C@H](NC(=O)c2cc(S(=O)(=O)N3CCOCC3)ccc2OC)c2ccccc2O1. The van der Waals surface area contributed by atoms with Gasteiger partial charge in [0.1, 0.15) is 17.1 Å². The summed E-state index contributed by atoms with van der Waals surface area (Å²) in [6, 6.07) is 11.8. The van der Waals surface area contributed by atoms with Crippen molar-refractivity contribution in [1.29, 1.82) is 0 Å². The lowest BCUT2D eigenvalue weighted by atomic mass is 9.83. The molecule has 2 aromatic rings. The molecule has 184 valence electrons. The summed E-state index contributed by atoms with van der Waals surface area (Å²) in [4.78, 5) is 13.5. The van der Waals surface area contributed by atoms with Gasteiger partial charge in [0.2, 0.25) is 10.0 Å². The zero-order chi connectivity index (χ0) is 24.3. The van der Waals surface area contributed by atoms with Gasteiger partial charge >= 0.3 is 0 Å². The van der Waals surface area contributed by atoms with Crippen molar-refractivity contribution in [1.82, 2.24) is 9.62 Å². The lowest BCUT2D eigenvalue weighted by Crippen LogP contribution is -2.44. The summed E-state index contributed by atoms with van der Waals surface area (Å²) >= 11 is 0. The molecule has 0 aromatic heterocycles. The van der Waals surface area contributed by atoms with E-state index in [1.54, 1.807) is 0 Å². The van der Waals surface area contributed by atoms with Gasteiger partial charge in [0.25, 0.3) is 5.91 Å². The number of benzene rings is 2. The molecule has 4 rings (SSSR count). The number of carbonyl (C=O) groups is 1. The molecular formula is C25H32N2O6S. The van der Waals surface area contributed by atoms with Crippen molar-refractivity contribution in [2.24, 2.45) is 0 Å². The molecule has 0 saturated carbocycles. The third-order valence-corrected chi connectivity index (χ3v) is 8.71. The number of hydrogen-bond donors (Lipinski definition) is 1. The summed E-state index contributed by atoms with van der Waals surface area (Å²) in [6.07, 6.45) is 2.23. The third-order valence-electron chi connectivity index (χ3n) is 6.81. The van der Waals surface area contributed by atoms with E-state index in [9.17, 15) is 13.2 Å². The summed E-state index contributed by atoms with van der Waals surface area (Å²) in [5.74, 6) is 0.688. The Balaban J connectivity index is 1.66. The standard InChI is InChI=1S/C25H32N2O6S/c1-4-25(5-2)17-21(19-8-6-7-9-23(19)33-25)26-24(28)20-16-18(10-11-22(20)31-3)34(29,30)27-12-14-32-15-13-27/h6-11,16,21H,4-5,12-15,17H2,1-3H3,(H,26,28)/t21-/m0/s1. The molecular weight excluding hydrogens is 456 g/mol. The van der Waals surface area contributed by atoms with Crippen LogP contribution in [0.5, 0.6) is 11.5 Å². The molecule has 1 N–H and O–H groups in total. The van der Waals surface area contributed by atoms with Crippen molar-refractivity contribution in [3.8, 4) is 11.5 Å². The summed E-state index contributed by atoms with van der Waals surface area (Å²) in [6.45, 7) is 5.43. The average molecular weight is 489 g/mol. The smallest absolute Gasteiger partial charge is 0.255 e. The second kappa shape index (κ2) is 9.93. The van der Waals surface area contributed by atoms with Crippen LogP contribution in [-0.2, 0) is 14.8 Å². The van der Waals surface area contributed by atoms with Crippen LogP contribution in [0.15, 0.2) is 47.4 Å². The largest absolute Gasteiger partial charge is 0.496 e. The summed E-state index contributed by atoms with van der Waals surface area (Å²) in [5.41, 5.74) is 0.710. The maximum absolute atomic E-state index is 13.5. The Morgan fingerprint density at radius 3 is 2.53 bits per heavy atom. The first-order chi connectivity index (χ1) is 16.3. The third kappa shape index (κ3) is 4.64. The minimum Gasteiger partial charge on any atom is -0.496 e. The second-order valence-corrected chi connectivity index (χ2v) is 10.6. The molecule has 2 heterocycles. The average Bonchev–Trinajstić information content (AvgIpc) is 2.88. The van der Waals surface area contributed by atoms with Gasteiger partial charge in [0.15, 0.2) is 0 Å². The number of ether oxygens (including phenoxy) is 3. The molecule has 1 amide bonds. The van der Waals surface area contributed by atoms with Gasteiger partial charge in [0, 0.05) is 25.1 Å². The van der Waals surface area contributed by atoms with Gasteiger partial charge in [-0.05, 0) is 37.1 Å². The maximum Gasteiger partial charge on any atom is 0.255 e. The Labute approximate surface area is 201 Å². The van der Waals surface area contributed by atoms with Crippen LogP contribution in [0.25, 0.3) is 0 Å². The fourth-order valence-electron chi connectivity index (χ4n) is 4.63. The molecule has 9 heteroatoms. The van der Waals surface area contributed by atoms with Crippen molar-refractivity contribution in [2.45, 2.75) is 49.6 Å². The van der Waals surface area contributed by atoms with Crippen LogP contribution in [-0.4, -0.2) is 57.6 Å². The number of methoxy groups -OCH3 is 1. The Hall–Kier alpha value is -2.62. The number of sulfonamides is 1. The molecule has 8 nitrogen and oxygen atoms in total. The van der Waals surface area contributed by atoms with Crippen LogP contribution in [0.3, 0.4) is 0 Å². The van der Waals surface area contributed by atoms with E-state index in [1.165, 1.54) is 29.6 Å². The van der Waals surface area contributed by atoms with Crippen LogP contribution in [0.2, 0.25) is 0 Å². The fraction of sp³-hybridized carbons (Fsp3) is 0.480. The van der Waals surface area contributed by atoms with Crippen molar-refractivity contribution in [2.75, 3.05) is 33.4 Å². The Bertz CT molecular complexity index is 1140. The van der Waals surface area contributed by atoms with E-state index in [0.29, 0.717) is 25.4 Å². The van der Waals surface area contributed by atoms with Gasteiger partial charge in [-0.1, -0.05) is 32.0 Å². The summed E-state index contributed by atoms with van der Waals surface area (Å²) in [7, 11) is -2.29. The number of nitrogens with zero attached hydrogens (tertiary/aromatic N) is 1. The van der Waals surface area contributed by atoms with Crippen LogP contribution in [0.4, 0.5) is 0 Å². The molecule has 0 unspecified atom stereocenters. The Kier molecular flexibility index (Phi) is 7.16. The first kappa shape index (κ1) is 24.5. The van der Waals surface area contributed by atoms with Gasteiger partial charge < -0.3 is 19.5 Å². The first-order valence-corrected chi connectivity index (χ1v) is 13.1. The molecule has 0 aliphatic carbocycles. The molecule has 1 fully saturated rings. The number of amides is 1. The normalized spacial score (nSPS) is 20.1. The van der Waals surface area contributed by atoms with E-state index in [0.717, 1.165) is 24.2 Å². The maximum atomic E-state index is 13.5. The highest BCUT2D eigenvalue weighted by Gasteiger charge is 2.39. The molecule has 0 radical (unpaired) electrons. The van der Waals surface area contributed by atoms with Crippen LogP contribution in [0.1, 0.15) is 55.1 Å². The zero-order valence-corrected chi connectivity index (χ0v) is 20.7. The predicted molar refractivity (Wildman–Crippen MR) is 128 cm³/mol. The molecule has 1 atom stereocenters. The van der Waals surface area contributed by atoms with Gasteiger partial charge in [0.05, 0.1) is 36.8 Å². The van der Waals surface area contributed by atoms with Gasteiger partial charge in [-0.25, -0.2) is 8.42 Å². The minimum absolute atomic E-state index is 0.0594. The fourth-order valence-corrected chi connectivity index (χ4v) is 6.06. The molecule has 0 bridgehead atoms. The van der Waals surface area contributed by atoms with E-state index in [-0.39, 0.29) is 35.2 Å². The molecule has 2 aliphatic heterocycles. The van der Waals surface area contributed by atoms with Crippen LogP contribution in [0, 0.1) is 0 Å². The van der Waals surface area contributed by atoms with Gasteiger partial charge in [-0.3, -0.25) is 4.79 Å². The summed E-state index contributed by atoms with van der Waals surface area (Å²) in [5, 5.41) is 3.12. The lowest BCUT2D eigenvalue weighted by molar-refractivity contribution is 0.0227. The number of morpholine rings is 1. The number of carbonyl (C=O) groups excluding carboxylic acids is 1. The number of para-hydroxylation sites is 1. The Morgan fingerprint density at radius 1 is 1.15 bits per heavy atom. The molecule has 2 aliphatic rings. The van der Waals surface area contributed by atoms with E-state index >= 15 is 0 Å². The highest BCUT2D eigenvalue weighted by molar-refractivity contribution is 7.89. The first-order valence-electron chi connectivity index (χ1n) is 11.7. The number of rotatable bonds is 7. The highest BCUT2D eigenvalue weighted by atomic mass is 32.2. The highest BCUT2D eigenvalue weighted by Crippen LogP contribution is 2.43. The number of hydrogen-bond acceptors (Lipinski definition) is 6. The van der Waals surface area contributed by atoms with Crippen LogP contribution >= 0.6 is 0 Å². The van der Waals surface area contributed by atoms with E-state index < -0.39 is 15.9 Å². The lowest BCUT2D eigenvalue weighted by Gasteiger charge is -2.41. The predicted octanol–water partition coefficient (Wildman–Crippen LogP) is 3.53. The van der Waals surface area contributed by atoms with Crippen molar-refractivity contribution in [3.63, 3.8) is 0 Å². The summed E-state index contributed by atoms with van der Waals surface area (Å²) < 4.78 is 44.7. The van der Waals surface area contributed by atoms with E-state index in [1.807, 2.05) is 24.3 Å². The molecule has 0 spiro atoms. The zero-order valence-electron chi connectivity index (χ0n) is 19.9. The quantitative estimate of drug-likeness (QED) is 0.641. The number of fused-ring (bicyclic) bond motifs is 1. The van der Waals surface area contributed by atoms with Crippen molar-refractivity contribution in [3.05, 3.63) is 53.6 Å². The van der Waals surface area contributed by atoms with Crippen LogP contribution < -0.4 is 14.8 Å². The number of nitrogens with one attached hydrogen (secondary N) is 1. The van der Waals surface area contributed by atoms with E-state index in [2.05, 4.69) is 19.2 Å².